The van der Waals surface area contributed by atoms with Gasteiger partial charge in [-0.25, -0.2) is 8.42 Å². The third kappa shape index (κ3) is 6.57. The van der Waals surface area contributed by atoms with Crippen molar-refractivity contribution in [1.29, 1.82) is 0 Å². The summed E-state index contributed by atoms with van der Waals surface area (Å²) in [6, 6.07) is 18.7. The first-order valence-electron chi connectivity index (χ1n) is 11.6. The normalized spacial score (nSPS) is 11.8. The van der Waals surface area contributed by atoms with Crippen molar-refractivity contribution in [2.45, 2.75) is 30.3 Å². The Hall–Kier alpha value is -4.18. The summed E-state index contributed by atoms with van der Waals surface area (Å²) in [7, 11) is -4.45. The number of nitrogens with zero attached hydrogens (tertiary/aromatic N) is 1. The van der Waals surface area contributed by atoms with Gasteiger partial charge in [0.05, 0.1) is 10.5 Å². The summed E-state index contributed by atoms with van der Waals surface area (Å²) >= 11 is 0. The van der Waals surface area contributed by atoms with Crippen LogP contribution in [-0.4, -0.2) is 19.2 Å². The van der Waals surface area contributed by atoms with Gasteiger partial charge in [-0.2, -0.15) is 13.2 Å². The van der Waals surface area contributed by atoms with Crippen LogP contribution < -0.4 is 10.5 Å². The largest absolute Gasteiger partial charge is 0.416 e. The average molecular weight is 540 g/mol. The van der Waals surface area contributed by atoms with Crippen LogP contribution in [0.2, 0.25) is 0 Å². The number of halogens is 3. The van der Waals surface area contributed by atoms with Crippen molar-refractivity contribution in [3.63, 3.8) is 0 Å². The van der Waals surface area contributed by atoms with Gasteiger partial charge in [0.1, 0.15) is 5.78 Å². The van der Waals surface area contributed by atoms with E-state index in [2.05, 4.69) is 9.71 Å². The van der Waals surface area contributed by atoms with E-state index in [1.54, 1.807) is 42.7 Å². The number of carbonyl (C=O) groups is 1. The molecule has 0 fully saturated rings. The molecule has 10 heteroatoms. The smallest absolute Gasteiger partial charge is 0.398 e. The molecule has 196 valence electrons. The van der Waals surface area contributed by atoms with Crippen molar-refractivity contribution in [1.82, 2.24) is 4.98 Å². The fourth-order valence-electron chi connectivity index (χ4n) is 3.93. The van der Waals surface area contributed by atoms with Crippen LogP contribution in [0.15, 0.2) is 96.2 Å². The molecule has 4 rings (SSSR count). The summed E-state index contributed by atoms with van der Waals surface area (Å²) in [6.07, 6.45) is -0.312. The Labute approximate surface area is 218 Å². The van der Waals surface area contributed by atoms with Gasteiger partial charge in [0, 0.05) is 47.7 Å². The van der Waals surface area contributed by atoms with Crippen LogP contribution in [0.4, 0.5) is 24.5 Å². The third-order valence-electron chi connectivity index (χ3n) is 5.87. The van der Waals surface area contributed by atoms with Crippen LogP contribution >= 0.6 is 0 Å². The maximum atomic E-state index is 13.4. The van der Waals surface area contributed by atoms with Gasteiger partial charge in [-0.3, -0.25) is 14.5 Å². The molecule has 4 aromatic rings. The summed E-state index contributed by atoms with van der Waals surface area (Å²) in [6.45, 7) is 0. The number of anilines is 2. The first kappa shape index (κ1) is 26.9. The van der Waals surface area contributed by atoms with E-state index in [0.717, 1.165) is 17.7 Å². The number of aryl methyl sites for hydroxylation is 1. The highest BCUT2D eigenvalue weighted by molar-refractivity contribution is 7.92. The number of carbonyl (C=O) groups excluding carboxylic acids is 1. The fourth-order valence-corrected chi connectivity index (χ4v) is 5.24. The molecule has 0 saturated heterocycles. The standard InChI is InChI=1S/C28H24F3N3O3S/c29-28(30,31)21-10-14-25(24-5-1-2-6-26(24)32)27(17-21)38(36,37)34-22-11-7-19(8-12-22)16-23(35)13-9-20-4-3-15-33-18-20/h1-8,10-12,14-15,17-18,34H,9,13,16,32H2. The minimum absolute atomic E-state index is 0.0104. The number of hydrogen-bond donors (Lipinski definition) is 2. The molecule has 3 aromatic carbocycles. The zero-order chi connectivity index (χ0) is 27.3. The monoisotopic (exact) mass is 539 g/mol. The number of sulfonamides is 1. The first-order valence-corrected chi connectivity index (χ1v) is 13.1. The van der Waals surface area contributed by atoms with E-state index >= 15 is 0 Å². The Morgan fingerprint density at radius 3 is 2.29 bits per heavy atom. The van der Waals surface area contributed by atoms with E-state index in [1.807, 2.05) is 6.07 Å². The first-order chi connectivity index (χ1) is 18.0. The third-order valence-corrected chi connectivity index (χ3v) is 7.29. The van der Waals surface area contributed by atoms with Crippen molar-refractivity contribution in [3.05, 3.63) is 108 Å². The minimum atomic E-state index is -4.74. The van der Waals surface area contributed by atoms with Gasteiger partial charge in [0.2, 0.25) is 0 Å². The molecule has 0 aliphatic rings. The Bertz CT molecular complexity index is 1540. The summed E-state index contributed by atoms with van der Waals surface area (Å²) in [4.78, 5) is 15.8. The lowest BCUT2D eigenvalue weighted by Gasteiger charge is -2.16. The molecule has 0 aliphatic carbocycles. The minimum Gasteiger partial charge on any atom is -0.398 e. The van der Waals surface area contributed by atoms with Crippen LogP contribution in [0, 0.1) is 0 Å². The number of aromatic nitrogens is 1. The number of pyridine rings is 1. The number of ketones is 1. The molecule has 3 N–H and O–H groups in total. The van der Waals surface area contributed by atoms with E-state index in [0.29, 0.717) is 30.0 Å². The van der Waals surface area contributed by atoms with Crippen molar-refractivity contribution in [3.8, 4) is 11.1 Å². The number of rotatable bonds is 9. The maximum Gasteiger partial charge on any atom is 0.416 e. The van der Waals surface area contributed by atoms with E-state index in [9.17, 15) is 26.4 Å². The molecule has 0 saturated carbocycles. The van der Waals surface area contributed by atoms with Gasteiger partial charge in [-0.15, -0.1) is 0 Å². The van der Waals surface area contributed by atoms with Crippen molar-refractivity contribution in [2.24, 2.45) is 0 Å². The van der Waals surface area contributed by atoms with Crippen LogP contribution in [0.25, 0.3) is 11.1 Å². The number of hydrogen-bond acceptors (Lipinski definition) is 5. The predicted octanol–water partition coefficient (Wildman–Crippen LogP) is 5.89. The van der Waals surface area contributed by atoms with Gasteiger partial charge in [-0.05, 0) is 53.9 Å². The number of alkyl halides is 3. The van der Waals surface area contributed by atoms with Gasteiger partial charge < -0.3 is 5.73 Å². The SMILES string of the molecule is Nc1ccccc1-c1ccc(C(F)(F)F)cc1S(=O)(=O)Nc1ccc(CC(=O)CCc2cccnc2)cc1. The summed E-state index contributed by atoms with van der Waals surface area (Å²) in [5.74, 6) is 0.0104. The highest BCUT2D eigenvalue weighted by Crippen LogP contribution is 2.37. The Morgan fingerprint density at radius 2 is 1.63 bits per heavy atom. The summed E-state index contributed by atoms with van der Waals surface area (Å²) in [5, 5.41) is 0. The molecule has 6 nitrogen and oxygen atoms in total. The van der Waals surface area contributed by atoms with Gasteiger partial charge >= 0.3 is 6.18 Å². The maximum absolute atomic E-state index is 13.4. The predicted molar refractivity (Wildman–Crippen MR) is 140 cm³/mol. The second kappa shape index (κ2) is 11.1. The Kier molecular flexibility index (Phi) is 7.82. The van der Waals surface area contributed by atoms with Gasteiger partial charge in [0.25, 0.3) is 10.0 Å². The lowest BCUT2D eigenvalue weighted by atomic mass is 10.0. The van der Waals surface area contributed by atoms with Crippen LogP contribution in [0.5, 0.6) is 0 Å². The van der Waals surface area contributed by atoms with Crippen molar-refractivity contribution >= 4 is 27.2 Å². The molecule has 0 bridgehead atoms. The number of benzene rings is 3. The zero-order valence-electron chi connectivity index (χ0n) is 20.1. The number of nitrogens with two attached hydrogens (primary N) is 1. The van der Waals surface area contributed by atoms with Crippen LogP contribution in [-0.2, 0) is 33.8 Å². The molecule has 0 radical (unpaired) electrons. The van der Waals surface area contributed by atoms with E-state index < -0.39 is 26.7 Å². The molecule has 0 atom stereocenters. The average Bonchev–Trinajstić information content (AvgIpc) is 2.88. The molecule has 1 aromatic heterocycles. The molecule has 38 heavy (non-hydrogen) atoms. The van der Waals surface area contributed by atoms with Crippen molar-refractivity contribution < 1.29 is 26.4 Å². The number of nitrogen functional groups attached to an aromatic ring is 1. The highest BCUT2D eigenvalue weighted by Gasteiger charge is 2.33. The number of Topliss-reactive ketones (excluding diaryl/α,β-unsaturated/α-hetero) is 1. The van der Waals surface area contributed by atoms with E-state index in [4.69, 9.17) is 5.73 Å². The number of para-hydroxylation sites is 1. The molecular formula is C28H24F3N3O3S. The quantitative estimate of drug-likeness (QED) is 0.258. The Morgan fingerprint density at radius 1 is 0.895 bits per heavy atom. The number of nitrogens with one attached hydrogen (secondary N) is 1. The molecule has 0 spiro atoms. The molecule has 1 heterocycles. The molecular weight excluding hydrogens is 515 g/mol. The molecule has 0 amide bonds. The molecule has 0 aliphatic heterocycles. The van der Waals surface area contributed by atoms with E-state index in [-0.39, 0.29) is 29.1 Å². The van der Waals surface area contributed by atoms with Crippen LogP contribution in [0.3, 0.4) is 0 Å². The second-order valence-electron chi connectivity index (χ2n) is 8.68. The van der Waals surface area contributed by atoms with E-state index in [1.165, 1.54) is 24.3 Å². The highest BCUT2D eigenvalue weighted by atomic mass is 32.2. The van der Waals surface area contributed by atoms with Crippen molar-refractivity contribution in [2.75, 3.05) is 10.5 Å². The lowest BCUT2D eigenvalue weighted by molar-refractivity contribution is -0.137. The topological polar surface area (TPSA) is 102 Å². The summed E-state index contributed by atoms with van der Waals surface area (Å²) < 4.78 is 69.2. The Balaban J connectivity index is 1.54. The van der Waals surface area contributed by atoms with Crippen LogP contribution in [0.1, 0.15) is 23.1 Å². The lowest BCUT2D eigenvalue weighted by Crippen LogP contribution is -2.16. The second-order valence-corrected chi connectivity index (χ2v) is 10.3. The fraction of sp³-hybridized carbons (Fsp3) is 0.143. The summed E-state index contributed by atoms with van der Waals surface area (Å²) in [5.41, 5.74) is 7.22. The van der Waals surface area contributed by atoms with Gasteiger partial charge in [0.15, 0.2) is 0 Å². The molecule has 0 unspecified atom stereocenters. The zero-order valence-corrected chi connectivity index (χ0v) is 20.9. The van der Waals surface area contributed by atoms with Gasteiger partial charge in [-0.1, -0.05) is 42.5 Å².